The lowest BCUT2D eigenvalue weighted by molar-refractivity contribution is 0.208. The van der Waals surface area contributed by atoms with Gasteiger partial charge in [0.15, 0.2) is 0 Å². The number of anilines is 1. The summed E-state index contributed by atoms with van der Waals surface area (Å²) in [5.74, 6) is 0.517. The largest absolute Gasteiger partial charge is 0.371 e. The summed E-state index contributed by atoms with van der Waals surface area (Å²) in [5, 5.41) is 6.18. The monoisotopic (exact) mass is 394 g/mol. The number of rotatable bonds is 4. The lowest BCUT2D eigenvalue weighted by atomic mass is 10.1. The summed E-state index contributed by atoms with van der Waals surface area (Å²) in [6.07, 6.45) is 3.36. The van der Waals surface area contributed by atoms with Crippen LogP contribution < -0.4 is 15.5 Å². The first kappa shape index (κ1) is 17.5. The van der Waals surface area contributed by atoms with Crippen molar-refractivity contribution in [3.63, 3.8) is 0 Å². The number of urea groups is 1. The minimum atomic E-state index is -0.0174. The van der Waals surface area contributed by atoms with Gasteiger partial charge in [-0.3, -0.25) is 0 Å². The number of carbonyl (C=O) groups is 1. The van der Waals surface area contributed by atoms with Crippen molar-refractivity contribution in [1.82, 2.24) is 15.5 Å². The van der Waals surface area contributed by atoms with E-state index < -0.39 is 0 Å². The molecule has 6 heteroatoms. The van der Waals surface area contributed by atoms with E-state index in [-0.39, 0.29) is 12.1 Å². The highest BCUT2D eigenvalue weighted by Crippen LogP contribution is 2.25. The molecule has 2 saturated heterocycles. The Bertz CT molecular complexity index is 568. The van der Waals surface area contributed by atoms with Crippen molar-refractivity contribution in [2.75, 3.05) is 44.7 Å². The molecule has 0 saturated carbocycles. The molecule has 2 unspecified atom stereocenters. The minimum Gasteiger partial charge on any atom is -0.371 e. The first-order valence-corrected chi connectivity index (χ1v) is 9.63. The van der Waals surface area contributed by atoms with Crippen molar-refractivity contribution in [2.45, 2.75) is 25.3 Å². The second-order valence-electron chi connectivity index (χ2n) is 7.04. The van der Waals surface area contributed by atoms with Crippen molar-refractivity contribution < 1.29 is 4.79 Å². The topological polar surface area (TPSA) is 47.6 Å². The molecule has 1 aromatic rings. The van der Waals surface area contributed by atoms with Gasteiger partial charge in [-0.1, -0.05) is 22.0 Å². The molecule has 0 aromatic heterocycles. The van der Waals surface area contributed by atoms with Gasteiger partial charge >= 0.3 is 6.03 Å². The Morgan fingerprint density at radius 2 is 2.17 bits per heavy atom. The molecule has 2 fully saturated rings. The Hall–Kier alpha value is -1.27. The van der Waals surface area contributed by atoms with E-state index in [9.17, 15) is 4.79 Å². The predicted molar refractivity (Wildman–Crippen MR) is 102 cm³/mol. The van der Waals surface area contributed by atoms with E-state index >= 15 is 0 Å². The Morgan fingerprint density at radius 1 is 1.29 bits per heavy atom. The average Bonchev–Trinajstić information content (AvgIpc) is 3.02. The Kier molecular flexibility index (Phi) is 6.00. The standard InChI is InChI=1S/C18H27BrN4O/c1-22-8-3-5-16(13-22)21-18(24)20-11-14-7-9-23(12-14)17-6-2-4-15(19)10-17/h2,4,6,10,14,16H,3,5,7-9,11-13H2,1H3,(H2,20,21,24). The number of hydrogen-bond acceptors (Lipinski definition) is 3. The molecule has 2 aliphatic rings. The third kappa shape index (κ3) is 4.86. The van der Waals surface area contributed by atoms with Crippen molar-refractivity contribution >= 4 is 27.6 Å². The first-order valence-electron chi connectivity index (χ1n) is 8.83. The third-order valence-corrected chi connectivity index (χ3v) is 5.46. The number of nitrogens with zero attached hydrogens (tertiary/aromatic N) is 2. The molecule has 2 heterocycles. The highest BCUT2D eigenvalue weighted by Gasteiger charge is 2.24. The van der Waals surface area contributed by atoms with Crippen LogP contribution in [0.4, 0.5) is 10.5 Å². The second-order valence-corrected chi connectivity index (χ2v) is 7.95. The summed E-state index contributed by atoms with van der Waals surface area (Å²) < 4.78 is 1.11. The zero-order chi connectivity index (χ0) is 16.9. The summed E-state index contributed by atoms with van der Waals surface area (Å²) in [7, 11) is 2.11. The Balaban J connectivity index is 1.40. The summed E-state index contributed by atoms with van der Waals surface area (Å²) in [5.41, 5.74) is 1.25. The van der Waals surface area contributed by atoms with E-state index in [0.29, 0.717) is 5.92 Å². The van der Waals surface area contributed by atoms with Crippen molar-refractivity contribution in [3.8, 4) is 0 Å². The summed E-state index contributed by atoms with van der Waals surface area (Å²) in [6, 6.07) is 8.68. The molecule has 2 N–H and O–H groups in total. The number of piperidine rings is 1. The maximum absolute atomic E-state index is 12.1. The molecule has 5 nitrogen and oxygen atoms in total. The second kappa shape index (κ2) is 8.21. The highest BCUT2D eigenvalue weighted by atomic mass is 79.9. The third-order valence-electron chi connectivity index (χ3n) is 4.97. The number of benzene rings is 1. The van der Waals surface area contributed by atoms with Gasteiger partial charge in [0.25, 0.3) is 0 Å². The molecule has 24 heavy (non-hydrogen) atoms. The van der Waals surface area contributed by atoms with Crippen LogP contribution in [0, 0.1) is 5.92 Å². The summed E-state index contributed by atoms with van der Waals surface area (Å²) in [4.78, 5) is 16.8. The molecule has 0 aliphatic carbocycles. The number of likely N-dealkylation sites (tertiary alicyclic amines) is 1. The number of nitrogens with one attached hydrogen (secondary N) is 2. The molecule has 2 atom stereocenters. The average molecular weight is 395 g/mol. The van der Waals surface area contributed by atoms with Gasteiger partial charge in [0.2, 0.25) is 0 Å². The number of hydrogen-bond donors (Lipinski definition) is 2. The maximum atomic E-state index is 12.1. The van der Waals surface area contributed by atoms with Crippen LogP contribution >= 0.6 is 15.9 Å². The van der Waals surface area contributed by atoms with E-state index in [0.717, 1.165) is 56.5 Å². The maximum Gasteiger partial charge on any atom is 0.315 e. The van der Waals surface area contributed by atoms with E-state index in [1.807, 2.05) is 6.07 Å². The van der Waals surface area contributed by atoms with E-state index in [1.165, 1.54) is 5.69 Å². The van der Waals surface area contributed by atoms with Crippen molar-refractivity contribution in [3.05, 3.63) is 28.7 Å². The number of halogens is 1. The Labute approximate surface area is 152 Å². The fraction of sp³-hybridized carbons (Fsp3) is 0.611. The normalized spacial score (nSPS) is 24.8. The molecular formula is C18H27BrN4O. The summed E-state index contributed by atoms with van der Waals surface area (Å²) >= 11 is 3.53. The van der Waals surface area contributed by atoms with Gasteiger partial charge in [-0.05, 0) is 57.0 Å². The van der Waals surface area contributed by atoms with Crippen LogP contribution in [0.5, 0.6) is 0 Å². The Morgan fingerprint density at radius 3 is 2.96 bits per heavy atom. The molecule has 3 rings (SSSR count). The summed E-state index contributed by atoms with van der Waals surface area (Å²) in [6.45, 7) is 4.89. The number of likely N-dealkylation sites (N-methyl/N-ethyl adjacent to an activating group) is 1. The molecule has 0 bridgehead atoms. The van der Waals surface area contributed by atoms with Crippen molar-refractivity contribution in [2.24, 2.45) is 5.92 Å². The lowest BCUT2D eigenvalue weighted by Crippen LogP contribution is -2.50. The van der Waals surface area contributed by atoms with E-state index in [4.69, 9.17) is 0 Å². The lowest BCUT2D eigenvalue weighted by Gasteiger charge is -2.30. The van der Waals surface area contributed by atoms with Gasteiger partial charge in [0.05, 0.1) is 0 Å². The molecule has 2 amide bonds. The fourth-order valence-corrected chi connectivity index (χ4v) is 4.05. The van der Waals surface area contributed by atoms with Crippen LogP contribution in [-0.4, -0.2) is 56.7 Å². The van der Waals surface area contributed by atoms with Crippen LogP contribution in [0.25, 0.3) is 0 Å². The predicted octanol–water partition coefficient (Wildman–Crippen LogP) is 2.67. The van der Waals surface area contributed by atoms with Gasteiger partial charge in [-0.15, -0.1) is 0 Å². The quantitative estimate of drug-likeness (QED) is 0.824. The van der Waals surface area contributed by atoms with Gasteiger partial charge in [0.1, 0.15) is 0 Å². The van der Waals surface area contributed by atoms with Crippen LogP contribution in [-0.2, 0) is 0 Å². The SMILES string of the molecule is CN1CCCC(NC(=O)NCC2CCN(c3cccc(Br)c3)C2)C1. The molecule has 132 valence electrons. The van der Waals surface area contributed by atoms with Crippen molar-refractivity contribution in [1.29, 1.82) is 0 Å². The van der Waals surface area contributed by atoms with Gasteiger partial charge in [0, 0.05) is 42.4 Å². The molecule has 1 aromatic carbocycles. The number of amides is 2. The molecular weight excluding hydrogens is 368 g/mol. The van der Waals surface area contributed by atoms with Crippen LogP contribution in [0.2, 0.25) is 0 Å². The zero-order valence-electron chi connectivity index (χ0n) is 14.3. The minimum absolute atomic E-state index is 0.0174. The van der Waals surface area contributed by atoms with E-state index in [1.54, 1.807) is 0 Å². The zero-order valence-corrected chi connectivity index (χ0v) is 15.9. The molecule has 2 aliphatic heterocycles. The van der Waals surface area contributed by atoms with Crippen LogP contribution in [0.15, 0.2) is 28.7 Å². The first-order chi connectivity index (χ1) is 11.6. The number of carbonyl (C=O) groups excluding carboxylic acids is 1. The highest BCUT2D eigenvalue weighted by molar-refractivity contribution is 9.10. The van der Waals surface area contributed by atoms with Gasteiger partial charge < -0.3 is 20.4 Å². The van der Waals surface area contributed by atoms with Crippen LogP contribution in [0.3, 0.4) is 0 Å². The fourth-order valence-electron chi connectivity index (χ4n) is 3.66. The molecule has 0 radical (unpaired) electrons. The van der Waals surface area contributed by atoms with Gasteiger partial charge in [-0.25, -0.2) is 4.79 Å². The van der Waals surface area contributed by atoms with Crippen LogP contribution in [0.1, 0.15) is 19.3 Å². The van der Waals surface area contributed by atoms with Gasteiger partial charge in [-0.2, -0.15) is 0 Å². The molecule has 0 spiro atoms. The smallest absolute Gasteiger partial charge is 0.315 e. The van der Waals surface area contributed by atoms with E-state index in [2.05, 4.69) is 61.6 Å².